The van der Waals surface area contributed by atoms with Crippen molar-refractivity contribution in [2.24, 2.45) is 4.99 Å². The van der Waals surface area contributed by atoms with E-state index in [1.807, 2.05) is 38.4 Å². The molecule has 3 nitrogen and oxygen atoms in total. The second-order valence-electron chi connectivity index (χ2n) is 3.25. The number of aliphatic imine (C=N–C) groups is 1. The smallest absolute Gasteiger partial charge is 0.183 e. The number of thioether (sulfide) groups is 1. The lowest BCUT2D eigenvalue weighted by Crippen LogP contribution is -2.12. The number of hydrogen-bond donors (Lipinski definition) is 1. The Morgan fingerprint density at radius 2 is 2.06 bits per heavy atom. The number of nitriles is 1. The van der Waals surface area contributed by atoms with Gasteiger partial charge in [0, 0.05) is 0 Å². The Morgan fingerprint density at radius 1 is 1.44 bits per heavy atom. The van der Waals surface area contributed by atoms with Gasteiger partial charge in [0.15, 0.2) is 11.4 Å². The van der Waals surface area contributed by atoms with Crippen molar-refractivity contribution in [3.8, 4) is 6.19 Å². The molecule has 0 radical (unpaired) electrons. The van der Waals surface area contributed by atoms with Crippen molar-refractivity contribution in [3.63, 3.8) is 0 Å². The molecule has 0 aliphatic rings. The Labute approximate surface area is 105 Å². The molecule has 0 amide bonds. The van der Waals surface area contributed by atoms with Gasteiger partial charge < -0.3 is 0 Å². The number of aryl methyl sites for hydroxylation is 2. The van der Waals surface area contributed by atoms with Crippen LogP contribution in [-0.4, -0.2) is 11.4 Å². The summed E-state index contributed by atoms with van der Waals surface area (Å²) in [7, 11) is 0. The van der Waals surface area contributed by atoms with Crippen LogP contribution in [0.1, 0.15) is 11.1 Å². The SMILES string of the molecule is CSC(=Nc1cc(C)c(C)cc1Cl)NC#N. The van der Waals surface area contributed by atoms with E-state index in [-0.39, 0.29) is 0 Å². The molecule has 0 atom stereocenters. The summed E-state index contributed by atoms with van der Waals surface area (Å²) in [6, 6.07) is 3.78. The van der Waals surface area contributed by atoms with Crippen LogP contribution in [0, 0.1) is 25.3 Å². The first kappa shape index (κ1) is 12.9. The van der Waals surface area contributed by atoms with Crippen LogP contribution in [-0.2, 0) is 0 Å². The molecule has 1 aromatic carbocycles. The van der Waals surface area contributed by atoms with Gasteiger partial charge in [0.05, 0.1) is 10.7 Å². The zero-order valence-electron chi connectivity index (χ0n) is 9.34. The van der Waals surface area contributed by atoms with Gasteiger partial charge in [-0.05, 0) is 43.4 Å². The normalized spacial score (nSPS) is 11.1. The highest BCUT2D eigenvalue weighted by Gasteiger charge is 2.04. The zero-order valence-corrected chi connectivity index (χ0v) is 10.9. The van der Waals surface area contributed by atoms with Crippen LogP contribution in [0.25, 0.3) is 0 Å². The summed E-state index contributed by atoms with van der Waals surface area (Å²) in [5, 5.41) is 12.2. The molecule has 84 valence electrons. The number of benzene rings is 1. The minimum atomic E-state index is 0.535. The average molecular weight is 254 g/mol. The molecule has 0 aliphatic carbocycles. The first-order valence-electron chi connectivity index (χ1n) is 4.63. The van der Waals surface area contributed by atoms with Crippen LogP contribution in [0.15, 0.2) is 17.1 Å². The average Bonchev–Trinajstić information content (AvgIpc) is 2.25. The minimum Gasteiger partial charge on any atom is -0.271 e. The van der Waals surface area contributed by atoms with Crippen molar-refractivity contribution >= 4 is 34.2 Å². The molecule has 5 heteroatoms. The van der Waals surface area contributed by atoms with Gasteiger partial charge in [-0.25, -0.2) is 4.99 Å². The van der Waals surface area contributed by atoms with E-state index in [9.17, 15) is 0 Å². The highest BCUT2D eigenvalue weighted by Crippen LogP contribution is 2.28. The molecule has 0 aliphatic heterocycles. The summed E-state index contributed by atoms with van der Waals surface area (Å²) in [6.45, 7) is 4.00. The number of nitrogens with one attached hydrogen (secondary N) is 1. The Hall–Kier alpha value is -1.18. The summed E-state index contributed by atoms with van der Waals surface area (Å²) < 4.78 is 0. The second kappa shape index (κ2) is 5.78. The van der Waals surface area contributed by atoms with Crippen LogP contribution < -0.4 is 5.32 Å². The van der Waals surface area contributed by atoms with Crippen molar-refractivity contribution in [1.29, 1.82) is 5.26 Å². The topological polar surface area (TPSA) is 48.2 Å². The fourth-order valence-electron chi connectivity index (χ4n) is 1.13. The molecule has 1 aromatic rings. The van der Waals surface area contributed by atoms with Gasteiger partial charge in [-0.2, -0.15) is 5.26 Å². The van der Waals surface area contributed by atoms with Crippen LogP contribution >= 0.6 is 23.4 Å². The molecule has 0 saturated carbocycles. The fourth-order valence-corrected chi connectivity index (χ4v) is 1.73. The largest absolute Gasteiger partial charge is 0.271 e. The maximum Gasteiger partial charge on any atom is 0.183 e. The number of amidine groups is 1. The molecule has 0 unspecified atom stereocenters. The standard InChI is InChI=1S/C11H12ClN3S/c1-7-4-9(12)10(5-8(7)2)15-11(16-3)14-6-13/h4-5H,1-3H3,(H,14,15). The Bertz CT molecular complexity index is 463. The zero-order chi connectivity index (χ0) is 12.1. The van der Waals surface area contributed by atoms with Gasteiger partial charge in [-0.1, -0.05) is 23.4 Å². The van der Waals surface area contributed by atoms with Crippen LogP contribution in [0.4, 0.5) is 5.69 Å². The summed E-state index contributed by atoms with van der Waals surface area (Å²) in [5.74, 6) is 0. The lowest BCUT2D eigenvalue weighted by molar-refractivity contribution is 1.27. The predicted octanol–water partition coefficient (Wildman–Crippen LogP) is 3.38. The van der Waals surface area contributed by atoms with Crippen LogP contribution in [0.2, 0.25) is 5.02 Å². The first-order valence-corrected chi connectivity index (χ1v) is 6.23. The van der Waals surface area contributed by atoms with Crippen molar-refractivity contribution in [3.05, 3.63) is 28.3 Å². The lowest BCUT2D eigenvalue weighted by atomic mass is 10.1. The van der Waals surface area contributed by atoms with E-state index in [0.717, 1.165) is 11.1 Å². The van der Waals surface area contributed by atoms with Crippen molar-refractivity contribution in [2.75, 3.05) is 6.26 Å². The Morgan fingerprint density at radius 3 is 2.62 bits per heavy atom. The molecule has 0 bridgehead atoms. The van der Waals surface area contributed by atoms with Crippen LogP contribution in [0.5, 0.6) is 0 Å². The molecule has 0 aromatic heterocycles. The van der Waals surface area contributed by atoms with E-state index in [4.69, 9.17) is 16.9 Å². The molecule has 0 heterocycles. The Balaban J connectivity index is 3.14. The third-order valence-corrected chi connectivity index (χ3v) is 3.02. The van der Waals surface area contributed by atoms with Crippen molar-refractivity contribution in [1.82, 2.24) is 5.32 Å². The monoisotopic (exact) mass is 253 g/mol. The fraction of sp³-hybridized carbons (Fsp3) is 0.273. The van der Waals surface area contributed by atoms with Crippen LogP contribution in [0.3, 0.4) is 0 Å². The maximum atomic E-state index is 8.53. The molecule has 0 saturated heterocycles. The highest BCUT2D eigenvalue weighted by atomic mass is 35.5. The summed E-state index contributed by atoms with van der Waals surface area (Å²) in [6.07, 6.45) is 3.69. The van der Waals surface area contributed by atoms with E-state index in [1.54, 1.807) is 0 Å². The molecule has 16 heavy (non-hydrogen) atoms. The molecular weight excluding hydrogens is 242 g/mol. The predicted molar refractivity (Wildman–Crippen MR) is 70.3 cm³/mol. The van der Waals surface area contributed by atoms with Gasteiger partial charge in [0.2, 0.25) is 0 Å². The molecule has 1 rings (SSSR count). The summed E-state index contributed by atoms with van der Waals surface area (Å²) >= 11 is 7.44. The van der Waals surface area contributed by atoms with E-state index in [2.05, 4.69) is 10.3 Å². The molecule has 1 N–H and O–H groups in total. The minimum absolute atomic E-state index is 0.535. The molecule has 0 fully saturated rings. The van der Waals surface area contributed by atoms with Gasteiger partial charge in [0.25, 0.3) is 0 Å². The summed E-state index contributed by atoms with van der Waals surface area (Å²) in [5.41, 5.74) is 2.93. The lowest BCUT2D eigenvalue weighted by Gasteiger charge is -2.05. The second-order valence-corrected chi connectivity index (χ2v) is 4.45. The van der Waals surface area contributed by atoms with Gasteiger partial charge in [0.1, 0.15) is 0 Å². The number of nitrogens with zero attached hydrogens (tertiary/aromatic N) is 2. The van der Waals surface area contributed by atoms with E-state index >= 15 is 0 Å². The van der Waals surface area contributed by atoms with Crippen molar-refractivity contribution < 1.29 is 0 Å². The third kappa shape index (κ3) is 3.16. The number of rotatable bonds is 1. The van der Waals surface area contributed by atoms with Gasteiger partial charge in [-0.15, -0.1) is 0 Å². The van der Waals surface area contributed by atoms with Gasteiger partial charge >= 0.3 is 0 Å². The number of halogens is 1. The summed E-state index contributed by atoms with van der Waals surface area (Å²) in [4.78, 5) is 4.28. The third-order valence-electron chi connectivity index (χ3n) is 2.14. The molecular formula is C11H12ClN3S. The van der Waals surface area contributed by atoms with E-state index < -0.39 is 0 Å². The maximum absolute atomic E-state index is 8.53. The van der Waals surface area contributed by atoms with E-state index in [0.29, 0.717) is 15.9 Å². The van der Waals surface area contributed by atoms with Gasteiger partial charge in [-0.3, -0.25) is 5.32 Å². The van der Waals surface area contributed by atoms with Crippen molar-refractivity contribution in [2.45, 2.75) is 13.8 Å². The van der Waals surface area contributed by atoms with E-state index in [1.165, 1.54) is 11.8 Å². The highest BCUT2D eigenvalue weighted by molar-refractivity contribution is 8.13. The number of hydrogen-bond acceptors (Lipinski definition) is 3. The first-order chi connectivity index (χ1) is 7.58. The Kier molecular flexibility index (Phi) is 4.66. The molecule has 0 spiro atoms. The quantitative estimate of drug-likeness (QED) is 0.361.